The molecule has 2 atom stereocenters. The molecular formula is C13H20FNOS. The van der Waals surface area contributed by atoms with E-state index in [2.05, 4.69) is 4.72 Å². The highest BCUT2D eigenvalue weighted by Crippen LogP contribution is 2.22. The molecule has 4 heteroatoms. The summed E-state index contributed by atoms with van der Waals surface area (Å²) in [4.78, 5) is 0. The Kier molecular flexibility index (Phi) is 4.58. The van der Waals surface area contributed by atoms with Gasteiger partial charge in [-0.25, -0.2) is 4.39 Å². The molecule has 1 rings (SSSR count). The number of nitrogens with one attached hydrogen (secondary N) is 1. The minimum atomic E-state index is -1.20. The van der Waals surface area contributed by atoms with Crippen molar-refractivity contribution in [3.05, 3.63) is 35.1 Å². The van der Waals surface area contributed by atoms with Crippen LogP contribution in [-0.4, -0.2) is 9.30 Å². The van der Waals surface area contributed by atoms with Gasteiger partial charge in [-0.05, 0) is 40.2 Å². The molecule has 96 valence electrons. The van der Waals surface area contributed by atoms with E-state index in [1.165, 1.54) is 0 Å². The van der Waals surface area contributed by atoms with Crippen molar-refractivity contribution >= 4 is 11.4 Å². The molecule has 0 saturated heterocycles. The van der Waals surface area contributed by atoms with Crippen LogP contribution < -0.4 is 4.72 Å². The zero-order chi connectivity index (χ0) is 13.2. The number of hydrogen-bond donors (Lipinski definition) is 1. The lowest BCUT2D eigenvalue weighted by Crippen LogP contribution is -2.40. The first-order valence-electron chi connectivity index (χ1n) is 5.66. The Morgan fingerprint density at radius 1 is 1.35 bits per heavy atom. The van der Waals surface area contributed by atoms with Crippen LogP contribution in [0.1, 0.15) is 44.9 Å². The first kappa shape index (κ1) is 14.5. The van der Waals surface area contributed by atoms with Crippen LogP contribution in [-0.2, 0) is 11.4 Å². The Balaban J connectivity index is 2.84. The van der Waals surface area contributed by atoms with Crippen molar-refractivity contribution in [2.45, 2.75) is 45.4 Å². The van der Waals surface area contributed by atoms with Gasteiger partial charge in [0.1, 0.15) is 10.6 Å². The largest absolute Gasteiger partial charge is 0.598 e. The molecule has 0 aromatic heterocycles. The topological polar surface area (TPSA) is 35.1 Å². The third kappa shape index (κ3) is 3.69. The van der Waals surface area contributed by atoms with Gasteiger partial charge in [0.25, 0.3) is 0 Å². The fraction of sp³-hybridized carbons (Fsp3) is 0.538. The van der Waals surface area contributed by atoms with Crippen molar-refractivity contribution in [2.24, 2.45) is 0 Å². The summed E-state index contributed by atoms with van der Waals surface area (Å²) in [6.07, 6.45) is 0. The number of hydrogen-bond acceptors (Lipinski definition) is 2. The molecule has 0 saturated carbocycles. The predicted octanol–water partition coefficient (Wildman–Crippen LogP) is 3.25. The predicted molar refractivity (Wildman–Crippen MR) is 70.6 cm³/mol. The third-order valence-electron chi connectivity index (χ3n) is 2.53. The summed E-state index contributed by atoms with van der Waals surface area (Å²) in [7, 11) is 0. The minimum Gasteiger partial charge on any atom is -0.598 e. The summed E-state index contributed by atoms with van der Waals surface area (Å²) in [6, 6.07) is 4.99. The van der Waals surface area contributed by atoms with Crippen LogP contribution in [0.15, 0.2) is 18.2 Å². The van der Waals surface area contributed by atoms with Gasteiger partial charge in [-0.2, -0.15) is 0 Å². The van der Waals surface area contributed by atoms with E-state index in [9.17, 15) is 8.94 Å². The Hall–Kier alpha value is -0.580. The zero-order valence-electron chi connectivity index (χ0n) is 11.0. The molecule has 1 N–H and O–H groups in total. The average Bonchev–Trinajstić information content (AvgIpc) is 2.20. The second-order valence-corrected chi connectivity index (χ2v) is 7.20. The Bertz CT molecular complexity index is 389. The van der Waals surface area contributed by atoms with Crippen molar-refractivity contribution in [1.29, 1.82) is 0 Å². The summed E-state index contributed by atoms with van der Waals surface area (Å²) >= 11 is -1.20. The van der Waals surface area contributed by atoms with Gasteiger partial charge < -0.3 is 4.55 Å². The number of aryl methyl sites for hydroxylation is 1. The number of rotatable bonds is 3. The van der Waals surface area contributed by atoms with Crippen LogP contribution in [0.5, 0.6) is 0 Å². The molecule has 0 radical (unpaired) electrons. The SMILES string of the molecule is Cc1cccc([C@H](C)N[S+]([O-])C(C)(C)C)c1F. The van der Waals surface area contributed by atoms with E-state index in [1.54, 1.807) is 19.1 Å². The van der Waals surface area contributed by atoms with Crippen molar-refractivity contribution in [2.75, 3.05) is 0 Å². The fourth-order valence-electron chi connectivity index (χ4n) is 1.41. The second kappa shape index (κ2) is 5.38. The highest BCUT2D eigenvalue weighted by Gasteiger charge is 2.29. The second-order valence-electron chi connectivity index (χ2n) is 5.20. The van der Waals surface area contributed by atoms with E-state index >= 15 is 0 Å². The summed E-state index contributed by atoms with van der Waals surface area (Å²) < 4.78 is 28.4. The number of benzene rings is 1. The molecule has 0 aliphatic heterocycles. The highest BCUT2D eigenvalue weighted by molar-refractivity contribution is 7.90. The summed E-state index contributed by atoms with van der Waals surface area (Å²) in [5.41, 5.74) is 1.17. The van der Waals surface area contributed by atoms with E-state index in [-0.39, 0.29) is 16.6 Å². The van der Waals surface area contributed by atoms with Crippen LogP contribution >= 0.6 is 0 Å². The van der Waals surface area contributed by atoms with Crippen molar-refractivity contribution < 1.29 is 8.94 Å². The molecular weight excluding hydrogens is 237 g/mol. The molecule has 0 fully saturated rings. The molecule has 0 aliphatic rings. The van der Waals surface area contributed by atoms with Crippen molar-refractivity contribution in [3.8, 4) is 0 Å². The van der Waals surface area contributed by atoms with Gasteiger partial charge in [0.05, 0.1) is 6.04 Å². The zero-order valence-corrected chi connectivity index (χ0v) is 11.8. The quantitative estimate of drug-likeness (QED) is 0.844. The average molecular weight is 257 g/mol. The maximum atomic E-state index is 13.9. The Morgan fingerprint density at radius 2 is 1.94 bits per heavy atom. The highest BCUT2D eigenvalue weighted by atomic mass is 32.2. The smallest absolute Gasteiger partial charge is 0.136 e. The van der Waals surface area contributed by atoms with Gasteiger partial charge in [0.15, 0.2) is 0 Å². The van der Waals surface area contributed by atoms with Gasteiger partial charge >= 0.3 is 0 Å². The maximum Gasteiger partial charge on any atom is 0.136 e. The number of halogens is 1. The Labute approximate surface area is 106 Å². The summed E-state index contributed by atoms with van der Waals surface area (Å²) in [6.45, 7) is 9.20. The molecule has 1 aromatic carbocycles. The normalized spacial score (nSPS) is 15.7. The van der Waals surface area contributed by atoms with Crippen LogP contribution in [0.3, 0.4) is 0 Å². The first-order valence-corrected chi connectivity index (χ1v) is 6.81. The maximum absolute atomic E-state index is 13.9. The van der Waals surface area contributed by atoms with E-state index in [0.717, 1.165) is 0 Å². The Morgan fingerprint density at radius 3 is 2.47 bits per heavy atom. The third-order valence-corrected chi connectivity index (χ3v) is 4.21. The molecule has 0 bridgehead atoms. The lowest BCUT2D eigenvalue weighted by Gasteiger charge is -2.26. The molecule has 1 unspecified atom stereocenters. The van der Waals surface area contributed by atoms with Gasteiger partial charge in [0.2, 0.25) is 0 Å². The van der Waals surface area contributed by atoms with E-state index in [1.807, 2.05) is 33.8 Å². The first-order chi connectivity index (χ1) is 7.73. The van der Waals surface area contributed by atoms with Crippen LogP contribution in [0.4, 0.5) is 4.39 Å². The van der Waals surface area contributed by atoms with Gasteiger partial charge in [-0.1, -0.05) is 18.2 Å². The molecule has 0 amide bonds. The summed E-state index contributed by atoms with van der Waals surface area (Å²) in [5, 5.41) is 0. The van der Waals surface area contributed by atoms with E-state index < -0.39 is 11.4 Å². The molecule has 17 heavy (non-hydrogen) atoms. The van der Waals surface area contributed by atoms with Crippen LogP contribution in [0.2, 0.25) is 0 Å². The molecule has 0 aliphatic carbocycles. The lowest BCUT2D eigenvalue weighted by molar-refractivity contribution is 0.521. The van der Waals surface area contributed by atoms with Crippen molar-refractivity contribution in [3.63, 3.8) is 0 Å². The fourth-order valence-corrected chi connectivity index (χ4v) is 2.21. The molecule has 0 heterocycles. The molecule has 2 nitrogen and oxygen atoms in total. The van der Waals surface area contributed by atoms with Crippen LogP contribution in [0, 0.1) is 12.7 Å². The van der Waals surface area contributed by atoms with E-state index in [4.69, 9.17) is 0 Å². The van der Waals surface area contributed by atoms with E-state index in [0.29, 0.717) is 11.1 Å². The minimum absolute atomic E-state index is 0.224. The van der Waals surface area contributed by atoms with Crippen molar-refractivity contribution in [1.82, 2.24) is 4.72 Å². The van der Waals surface area contributed by atoms with Gasteiger partial charge in [0, 0.05) is 16.9 Å². The summed E-state index contributed by atoms with van der Waals surface area (Å²) in [5.74, 6) is -0.224. The lowest BCUT2D eigenvalue weighted by atomic mass is 10.1. The van der Waals surface area contributed by atoms with Gasteiger partial charge in [-0.15, -0.1) is 4.72 Å². The van der Waals surface area contributed by atoms with Crippen LogP contribution in [0.25, 0.3) is 0 Å². The standard InChI is InChI=1S/C13H20FNOS/c1-9-7-6-8-11(12(9)14)10(2)15-17(16)13(3,4)5/h6-8,10,15H,1-5H3/t10-,17?/m0/s1. The monoisotopic (exact) mass is 257 g/mol. The molecule has 1 aromatic rings. The van der Waals surface area contributed by atoms with Gasteiger partial charge in [-0.3, -0.25) is 0 Å². The molecule has 0 spiro atoms.